The van der Waals surface area contributed by atoms with Crippen molar-refractivity contribution in [1.82, 2.24) is 14.9 Å². The number of hydrogen-bond acceptors (Lipinski definition) is 6. The molecule has 1 aromatic carbocycles. The Kier molecular flexibility index (Phi) is 4.85. The van der Waals surface area contributed by atoms with Crippen LogP contribution in [-0.2, 0) is 6.61 Å². The molecule has 0 unspecified atom stereocenters. The summed E-state index contributed by atoms with van der Waals surface area (Å²) in [5.41, 5.74) is 3.64. The van der Waals surface area contributed by atoms with Gasteiger partial charge in [0.05, 0.1) is 22.5 Å². The van der Waals surface area contributed by atoms with E-state index >= 15 is 0 Å². The van der Waals surface area contributed by atoms with Crippen molar-refractivity contribution in [2.45, 2.75) is 6.61 Å². The third kappa shape index (κ3) is 3.50. The largest absolute Gasteiger partial charge is 0.392 e. The Morgan fingerprint density at radius 2 is 2.00 bits per heavy atom. The molecule has 0 aliphatic rings. The van der Waals surface area contributed by atoms with Gasteiger partial charge in [0.15, 0.2) is 0 Å². The first-order valence-corrected chi connectivity index (χ1v) is 8.40. The molecule has 2 N–H and O–H groups in total. The molecular weight excluding hydrogens is 308 g/mol. The van der Waals surface area contributed by atoms with Crippen LogP contribution >= 0.6 is 11.3 Å². The number of benzene rings is 1. The number of nitrogens with one attached hydrogen (secondary N) is 1. The summed E-state index contributed by atoms with van der Waals surface area (Å²) in [7, 11) is 4.07. The fourth-order valence-corrected chi connectivity index (χ4v) is 3.24. The predicted molar refractivity (Wildman–Crippen MR) is 95.8 cm³/mol. The summed E-state index contributed by atoms with van der Waals surface area (Å²) in [5.74, 6) is 0.625. The Bertz CT molecular complexity index is 800. The molecule has 2 heterocycles. The minimum absolute atomic E-state index is 0.00354. The SMILES string of the molecule is CN(C)CCNc1nc(-c2ccccc2CO)c2sccc2n1. The van der Waals surface area contributed by atoms with E-state index in [0.29, 0.717) is 5.95 Å². The number of nitrogens with zero attached hydrogens (tertiary/aromatic N) is 3. The Morgan fingerprint density at radius 3 is 2.78 bits per heavy atom. The second kappa shape index (κ2) is 7.04. The second-order valence-corrected chi connectivity index (χ2v) is 6.49. The fourth-order valence-electron chi connectivity index (χ4n) is 2.41. The van der Waals surface area contributed by atoms with E-state index in [9.17, 15) is 5.11 Å². The number of aliphatic hydroxyl groups is 1. The molecule has 0 aliphatic carbocycles. The zero-order chi connectivity index (χ0) is 16.2. The van der Waals surface area contributed by atoms with Crippen LogP contribution < -0.4 is 5.32 Å². The molecule has 0 saturated heterocycles. The molecule has 0 saturated carbocycles. The number of aromatic nitrogens is 2. The Hall–Kier alpha value is -2.02. The number of aliphatic hydroxyl groups excluding tert-OH is 1. The van der Waals surface area contributed by atoms with Gasteiger partial charge in [0.25, 0.3) is 0 Å². The molecule has 0 bridgehead atoms. The highest BCUT2D eigenvalue weighted by Gasteiger charge is 2.13. The predicted octanol–water partition coefficient (Wildman–Crippen LogP) is 2.82. The van der Waals surface area contributed by atoms with E-state index in [-0.39, 0.29) is 6.61 Å². The lowest BCUT2D eigenvalue weighted by Gasteiger charge is -2.12. The highest BCUT2D eigenvalue weighted by atomic mass is 32.1. The molecule has 120 valence electrons. The van der Waals surface area contributed by atoms with Crippen LogP contribution in [0.15, 0.2) is 35.7 Å². The molecule has 0 aliphatic heterocycles. The number of thiophene rings is 1. The average molecular weight is 328 g/mol. The maximum absolute atomic E-state index is 9.61. The summed E-state index contributed by atoms with van der Waals surface area (Å²) in [5, 5.41) is 14.9. The van der Waals surface area contributed by atoms with Crippen LogP contribution in [0.2, 0.25) is 0 Å². The van der Waals surface area contributed by atoms with Crippen molar-refractivity contribution in [3.05, 3.63) is 41.3 Å². The minimum Gasteiger partial charge on any atom is -0.392 e. The van der Waals surface area contributed by atoms with Gasteiger partial charge in [-0.05, 0) is 31.1 Å². The lowest BCUT2D eigenvalue weighted by Crippen LogP contribution is -2.21. The van der Waals surface area contributed by atoms with Crippen LogP contribution in [0.1, 0.15) is 5.56 Å². The molecule has 0 fully saturated rings. The zero-order valence-corrected chi connectivity index (χ0v) is 14.1. The molecule has 6 heteroatoms. The zero-order valence-electron chi connectivity index (χ0n) is 13.3. The maximum atomic E-state index is 9.61. The van der Waals surface area contributed by atoms with Gasteiger partial charge in [-0.1, -0.05) is 24.3 Å². The van der Waals surface area contributed by atoms with Gasteiger partial charge in [0.2, 0.25) is 5.95 Å². The summed E-state index contributed by atoms with van der Waals surface area (Å²) in [6.45, 7) is 1.69. The highest BCUT2D eigenvalue weighted by Crippen LogP contribution is 2.33. The summed E-state index contributed by atoms with van der Waals surface area (Å²) < 4.78 is 1.05. The average Bonchev–Trinajstić information content (AvgIpc) is 3.02. The molecule has 0 radical (unpaired) electrons. The molecule has 3 rings (SSSR count). The lowest BCUT2D eigenvalue weighted by atomic mass is 10.0. The molecule has 2 aromatic heterocycles. The topological polar surface area (TPSA) is 61.3 Å². The quantitative estimate of drug-likeness (QED) is 0.728. The molecule has 5 nitrogen and oxygen atoms in total. The molecule has 23 heavy (non-hydrogen) atoms. The summed E-state index contributed by atoms with van der Waals surface area (Å²) in [4.78, 5) is 11.4. The third-order valence-electron chi connectivity index (χ3n) is 3.59. The second-order valence-electron chi connectivity index (χ2n) is 5.58. The minimum atomic E-state index is -0.00354. The van der Waals surface area contributed by atoms with Gasteiger partial charge in [0, 0.05) is 18.7 Å². The number of fused-ring (bicyclic) bond motifs is 1. The van der Waals surface area contributed by atoms with Gasteiger partial charge in [0.1, 0.15) is 0 Å². The first-order chi connectivity index (χ1) is 11.2. The van der Waals surface area contributed by atoms with Crippen LogP contribution in [0.4, 0.5) is 5.95 Å². The Labute approximate surface area is 139 Å². The van der Waals surface area contributed by atoms with E-state index in [1.54, 1.807) is 11.3 Å². The van der Waals surface area contributed by atoms with E-state index in [0.717, 1.165) is 40.1 Å². The lowest BCUT2D eigenvalue weighted by molar-refractivity contribution is 0.282. The molecule has 0 amide bonds. The van der Waals surface area contributed by atoms with E-state index in [4.69, 9.17) is 4.98 Å². The first-order valence-electron chi connectivity index (χ1n) is 7.52. The van der Waals surface area contributed by atoms with Gasteiger partial charge in [-0.15, -0.1) is 11.3 Å². The maximum Gasteiger partial charge on any atom is 0.223 e. The smallest absolute Gasteiger partial charge is 0.223 e. The number of anilines is 1. The van der Waals surface area contributed by atoms with E-state index in [1.807, 2.05) is 49.8 Å². The van der Waals surface area contributed by atoms with Crippen LogP contribution in [0.5, 0.6) is 0 Å². The van der Waals surface area contributed by atoms with Crippen LogP contribution in [-0.4, -0.2) is 47.2 Å². The summed E-state index contributed by atoms with van der Waals surface area (Å²) in [6.07, 6.45) is 0. The van der Waals surface area contributed by atoms with Crippen LogP contribution in [0, 0.1) is 0 Å². The van der Waals surface area contributed by atoms with Gasteiger partial charge in [-0.25, -0.2) is 9.97 Å². The van der Waals surface area contributed by atoms with Crippen molar-refractivity contribution < 1.29 is 5.11 Å². The van der Waals surface area contributed by atoms with Gasteiger partial charge < -0.3 is 15.3 Å². The third-order valence-corrected chi connectivity index (χ3v) is 4.50. The van der Waals surface area contributed by atoms with Crippen molar-refractivity contribution in [2.24, 2.45) is 0 Å². The van der Waals surface area contributed by atoms with Crippen molar-refractivity contribution in [3.63, 3.8) is 0 Å². The standard InChI is InChI=1S/C17H20N4OS/c1-21(2)9-8-18-17-19-14-7-10-23-16(14)15(20-17)13-6-4-3-5-12(13)11-22/h3-7,10,22H,8-9,11H2,1-2H3,(H,18,19,20). The molecule has 0 atom stereocenters. The summed E-state index contributed by atoms with van der Waals surface area (Å²) >= 11 is 1.62. The number of hydrogen-bond donors (Lipinski definition) is 2. The number of likely N-dealkylation sites (N-methyl/N-ethyl adjacent to an activating group) is 1. The van der Waals surface area contributed by atoms with Crippen molar-refractivity contribution >= 4 is 27.5 Å². The molecular formula is C17H20N4OS. The van der Waals surface area contributed by atoms with E-state index in [1.165, 1.54) is 0 Å². The van der Waals surface area contributed by atoms with Crippen LogP contribution in [0.3, 0.4) is 0 Å². The van der Waals surface area contributed by atoms with Crippen molar-refractivity contribution in [3.8, 4) is 11.3 Å². The Balaban J connectivity index is 2.03. The van der Waals surface area contributed by atoms with Gasteiger partial charge in [-0.3, -0.25) is 0 Å². The highest BCUT2D eigenvalue weighted by molar-refractivity contribution is 7.17. The van der Waals surface area contributed by atoms with E-state index in [2.05, 4.69) is 15.2 Å². The van der Waals surface area contributed by atoms with Gasteiger partial charge in [-0.2, -0.15) is 0 Å². The van der Waals surface area contributed by atoms with Crippen molar-refractivity contribution in [2.75, 3.05) is 32.5 Å². The molecule has 0 spiro atoms. The van der Waals surface area contributed by atoms with Gasteiger partial charge >= 0.3 is 0 Å². The molecule has 3 aromatic rings. The van der Waals surface area contributed by atoms with Crippen molar-refractivity contribution in [1.29, 1.82) is 0 Å². The fraction of sp³-hybridized carbons (Fsp3) is 0.294. The van der Waals surface area contributed by atoms with Crippen LogP contribution in [0.25, 0.3) is 21.5 Å². The number of rotatable bonds is 6. The normalized spacial score (nSPS) is 11.3. The summed E-state index contributed by atoms with van der Waals surface area (Å²) in [6, 6.07) is 9.82. The van der Waals surface area contributed by atoms with E-state index < -0.39 is 0 Å². The first kappa shape index (κ1) is 15.9. The monoisotopic (exact) mass is 328 g/mol. The Morgan fingerprint density at radius 1 is 1.17 bits per heavy atom.